The van der Waals surface area contributed by atoms with Gasteiger partial charge in [-0.25, -0.2) is 9.59 Å². The van der Waals surface area contributed by atoms with Crippen molar-refractivity contribution >= 4 is 30.1 Å². The third-order valence-corrected chi connectivity index (χ3v) is 3.06. The zero-order valence-corrected chi connectivity index (χ0v) is 16.3. The number of ketones is 1. The molecule has 0 saturated carbocycles. The third kappa shape index (κ3) is 15.4. The number of nitrogens with one attached hydrogen (secondary N) is 3. The number of unbranched alkanes of at least 4 members (excludes halogenated alkanes) is 1. The van der Waals surface area contributed by atoms with Gasteiger partial charge in [-0.05, 0) is 12.8 Å². The number of hydrogen-bond donors (Lipinski definition) is 3. The molecule has 0 radical (unpaired) electrons. The first-order chi connectivity index (χ1) is 13.4. The van der Waals surface area contributed by atoms with E-state index in [0.29, 0.717) is 26.0 Å². The first-order valence-electron chi connectivity index (χ1n) is 8.56. The molecule has 0 fully saturated rings. The Hall–Kier alpha value is -2.89. The van der Waals surface area contributed by atoms with Crippen LogP contribution in [0.25, 0.3) is 0 Å². The zero-order chi connectivity index (χ0) is 21.2. The quantitative estimate of drug-likeness (QED) is 0.200. The molecule has 0 spiro atoms. The van der Waals surface area contributed by atoms with Crippen LogP contribution in [0.3, 0.4) is 0 Å². The van der Waals surface area contributed by atoms with Gasteiger partial charge in [0.25, 0.3) is 0 Å². The first kappa shape index (κ1) is 25.1. The minimum absolute atomic E-state index is 0.0298. The van der Waals surface area contributed by atoms with E-state index in [0.717, 1.165) is 6.21 Å². The summed E-state index contributed by atoms with van der Waals surface area (Å²) in [6.45, 7) is 1.91. The highest BCUT2D eigenvalue weighted by Crippen LogP contribution is 1.93. The Morgan fingerprint density at radius 3 is 2.11 bits per heavy atom. The summed E-state index contributed by atoms with van der Waals surface area (Å²) in [7, 11) is 2.43. The van der Waals surface area contributed by atoms with Crippen LogP contribution in [-0.4, -0.2) is 83.3 Å². The molecule has 0 heterocycles. The molecular formula is C16H28N4O8. The second kappa shape index (κ2) is 16.3. The van der Waals surface area contributed by atoms with E-state index in [-0.39, 0.29) is 31.4 Å². The number of carbonyl (C=O) groups excluding carboxylic acids is 4. The molecule has 0 atom stereocenters. The molecule has 0 rings (SSSR count). The summed E-state index contributed by atoms with van der Waals surface area (Å²) >= 11 is 0. The highest BCUT2D eigenvalue weighted by molar-refractivity contribution is 6.26. The molecule has 28 heavy (non-hydrogen) atoms. The molecule has 3 amide bonds. The van der Waals surface area contributed by atoms with Crippen molar-refractivity contribution in [1.82, 2.24) is 16.0 Å². The molecule has 0 aliphatic carbocycles. The van der Waals surface area contributed by atoms with Gasteiger partial charge in [0.1, 0.15) is 19.4 Å². The largest absolute Gasteiger partial charge is 0.453 e. The number of methoxy groups -OCH3 is 2. The highest BCUT2D eigenvalue weighted by Gasteiger charge is 2.15. The fraction of sp³-hybridized carbons (Fsp3) is 0.688. The van der Waals surface area contributed by atoms with Gasteiger partial charge in [0.05, 0.1) is 20.3 Å². The van der Waals surface area contributed by atoms with E-state index in [2.05, 4.69) is 30.6 Å². The Labute approximate surface area is 163 Å². The van der Waals surface area contributed by atoms with Gasteiger partial charge in [0, 0.05) is 26.6 Å². The van der Waals surface area contributed by atoms with E-state index < -0.39 is 18.3 Å². The predicted molar refractivity (Wildman–Crippen MR) is 97.9 cm³/mol. The number of amides is 3. The lowest BCUT2D eigenvalue weighted by molar-refractivity contribution is -0.127. The molecule has 0 aliphatic heterocycles. The van der Waals surface area contributed by atoms with E-state index in [1.807, 2.05) is 0 Å². The lowest BCUT2D eigenvalue weighted by Gasteiger charge is -2.18. The molecule has 12 nitrogen and oxygen atoms in total. The first-order valence-corrected chi connectivity index (χ1v) is 8.56. The van der Waals surface area contributed by atoms with Gasteiger partial charge in [0.2, 0.25) is 5.91 Å². The topological polar surface area (TPSA) is 154 Å². The molecule has 12 heteroatoms. The van der Waals surface area contributed by atoms with E-state index in [1.165, 1.54) is 21.1 Å². The second-order valence-electron chi connectivity index (χ2n) is 5.41. The smallest absolute Gasteiger partial charge is 0.406 e. The molecule has 0 aliphatic rings. The van der Waals surface area contributed by atoms with Gasteiger partial charge >= 0.3 is 12.2 Å². The predicted octanol–water partition coefficient (Wildman–Crippen LogP) is -0.429. The van der Waals surface area contributed by atoms with Crippen molar-refractivity contribution in [3.63, 3.8) is 0 Å². The number of rotatable bonds is 14. The number of ether oxygens (including phenoxy) is 3. The summed E-state index contributed by atoms with van der Waals surface area (Å²) in [6, 6.07) is 0. The van der Waals surface area contributed by atoms with Crippen LogP contribution in [-0.2, 0) is 28.6 Å². The van der Waals surface area contributed by atoms with E-state index in [9.17, 15) is 19.2 Å². The van der Waals surface area contributed by atoms with E-state index >= 15 is 0 Å². The number of alkyl carbamates (subject to hydrolysis) is 2. The van der Waals surface area contributed by atoms with Crippen LogP contribution in [0.15, 0.2) is 5.16 Å². The van der Waals surface area contributed by atoms with Crippen molar-refractivity contribution in [2.75, 3.05) is 47.1 Å². The molecule has 0 saturated heterocycles. The van der Waals surface area contributed by atoms with Crippen LogP contribution in [0, 0.1) is 0 Å². The summed E-state index contributed by atoms with van der Waals surface area (Å²) < 4.78 is 14.3. The summed E-state index contributed by atoms with van der Waals surface area (Å²) in [6.07, 6.45) is 0.400. The van der Waals surface area contributed by atoms with Gasteiger partial charge in [-0.2, -0.15) is 0 Å². The number of carbonyl (C=O) groups is 4. The molecule has 3 N–H and O–H groups in total. The van der Waals surface area contributed by atoms with Crippen LogP contribution < -0.4 is 16.0 Å². The molecule has 0 unspecified atom stereocenters. The summed E-state index contributed by atoms with van der Waals surface area (Å²) in [4.78, 5) is 49.5. The van der Waals surface area contributed by atoms with Gasteiger partial charge in [-0.3, -0.25) is 9.59 Å². The average Bonchev–Trinajstić information content (AvgIpc) is 2.68. The van der Waals surface area contributed by atoms with Crippen LogP contribution >= 0.6 is 0 Å². The zero-order valence-electron chi connectivity index (χ0n) is 16.3. The summed E-state index contributed by atoms with van der Waals surface area (Å²) in [5.41, 5.74) is 0. The van der Waals surface area contributed by atoms with Crippen molar-refractivity contribution in [2.45, 2.75) is 25.9 Å². The van der Waals surface area contributed by atoms with Crippen molar-refractivity contribution < 1.29 is 38.2 Å². The molecule has 0 bridgehead atoms. The number of hydrogen-bond acceptors (Lipinski definition) is 9. The minimum atomic E-state index is -0.661. The van der Waals surface area contributed by atoms with Crippen LogP contribution in [0.1, 0.15) is 19.8 Å². The van der Waals surface area contributed by atoms with Gasteiger partial charge < -0.3 is 35.0 Å². The highest BCUT2D eigenvalue weighted by atomic mass is 16.6. The van der Waals surface area contributed by atoms with Gasteiger partial charge in [-0.1, -0.05) is 5.16 Å². The second-order valence-corrected chi connectivity index (χ2v) is 5.41. The van der Waals surface area contributed by atoms with Crippen molar-refractivity contribution in [3.05, 3.63) is 0 Å². The lowest BCUT2D eigenvalue weighted by atomic mass is 10.3. The Balaban J connectivity index is 4.01. The summed E-state index contributed by atoms with van der Waals surface area (Å²) in [5.74, 6) is -0.550. The van der Waals surface area contributed by atoms with Gasteiger partial charge in [-0.15, -0.1) is 0 Å². The van der Waals surface area contributed by atoms with Crippen molar-refractivity contribution in [2.24, 2.45) is 5.16 Å². The fourth-order valence-corrected chi connectivity index (χ4v) is 1.66. The molecule has 0 aromatic carbocycles. The Bertz CT molecular complexity index is 507. The van der Waals surface area contributed by atoms with Crippen LogP contribution in [0.4, 0.5) is 9.59 Å². The molecule has 0 aromatic heterocycles. The fourth-order valence-electron chi connectivity index (χ4n) is 1.66. The van der Waals surface area contributed by atoms with Crippen LogP contribution in [0.2, 0.25) is 0 Å². The minimum Gasteiger partial charge on any atom is -0.453 e. The Morgan fingerprint density at radius 2 is 1.57 bits per heavy atom. The maximum Gasteiger partial charge on any atom is 0.406 e. The lowest BCUT2D eigenvalue weighted by Crippen LogP contribution is -2.43. The van der Waals surface area contributed by atoms with E-state index in [1.54, 1.807) is 0 Å². The van der Waals surface area contributed by atoms with E-state index in [4.69, 9.17) is 9.57 Å². The van der Waals surface area contributed by atoms with Crippen molar-refractivity contribution in [1.29, 1.82) is 0 Å². The normalized spacial score (nSPS) is 10.4. The number of Topliss-reactive ketones (excluding diaryl/α,β-unsaturated/α-hetero) is 1. The monoisotopic (exact) mass is 404 g/mol. The standard InChI is InChI=1S/C16H28N4O8/c1-12(21)8-20-28-7-5-4-6-17-14(22)11-27-13(9-18-15(23)25-2)10-19-16(24)26-3/h8,13H,4-7,9-11H2,1-3H3,(H,17,22)(H,18,23)(H,19,24)/b20-8-. The average molecular weight is 404 g/mol. The Kier molecular flexibility index (Phi) is 14.6. The molecule has 160 valence electrons. The number of nitrogens with zero attached hydrogens (tertiary/aromatic N) is 1. The Morgan fingerprint density at radius 1 is 0.964 bits per heavy atom. The van der Waals surface area contributed by atoms with Gasteiger partial charge in [0.15, 0.2) is 5.78 Å². The molecular weight excluding hydrogens is 376 g/mol. The van der Waals surface area contributed by atoms with Crippen molar-refractivity contribution in [3.8, 4) is 0 Å². The third-order valence-electron chi connectivity index (χ3n) is 3.06. The van der Waals surface area contributed by atoms with Crippen LogP contribution in [0.5, 0.6) is 0 Å². The SMILES string of the molecule is COC(=O)NCC(CNC(=O)OC)OCC(=O)NCCCCO/N=C\C(C)=O. The maximum absolute atomic E-state index is 11.8. The number of oxime groups is 1. The molecule has 0 aromatic rings. The maximum atomic E-state index is 11.8. The summed E-state index contributed by atoms with van der Waals surface area (Å²) in [5, 5.41) is 11.0.